The molecule has 110 valence electrons. The molecular formula is C14H8BrClF3NO. The normalized spacial score (nSPS) is 11.3. The second kappa shape index (κ2) is 6.07. The minimum atomic E-state index is -4.48. The van der Waals surface area contributed by atoms with Crippen LogP contribution in [0.5, 0.6) is 0 Å². The van der Waals surface area contributed by atoms with Crippen molar-refractivity contribution in [1.29, 1.82) is 0 Å². The molecule has 2 rings (SSSR count). The number of hydrogen-bond donors (Lipinski definition) is 1. The van der Waals surface area contributed by atoms with E-state index in [9.17, 15) is 18.0 Å². The average Bonchev–Trinajstić information content (AvgIpc) is 2.39. The van der Waals surface area contributed by atoms with Crippen LogP contribution in [0.3, 0.4) is 0 Å². The van der Waals surface area contributed by atoms with Gasteiger partial charge in [-0.2, -0.15) is 13.2 Å². The largest absolute Gasteiger partial charge is 0.416 e. The summed E-state index contributed by atoms with van der Waals surface area (Å²) in [6, 6.07) is 9.36. The summed E-state index contributed by atoms with van der Waals surface area (Å²) in [5, 5.41) is 2.30. The number of rotatable bonds is 2. The van der Waals surface area contributed by atoms with E-state index in [1.807, 2.05) is 0 Å². The Morgan fingerprint density at radius 1 is 1.14 bits per heavy atom. The molecule has 21 heavy (non-hydrogen) atoms. The number of nitrogens with one attached hydrogen (secondary N) is 1. The second-order valence-corrected chi connectivity index (χ2v) is 5.48. The summed E-state index contributed by atoms with van der Waals surface area (Å²) < 4.78 is 38.3. The van der Waals surface area contributed by atoms with Gasteiger partial charge in [-0.3, -0.25) is 4.79 Å². The topological polar surface area (TPSA) is 29.1 Å². The lowest BCUT2D eigenvalue weighted by molar-refractivity contribution is -0.137. The molecule has 0 saturated heterocycles. The molecule has 0 spiro atoms. The van der Waals surface area contributed by atoms with Crippen LogP contribution in [-0.4, -0.2) is 5.91 Å². The van der Waals surface area contributed by atoms with Gasteiger partial charge in [0.1, 0.15) is 0 Å². The molecule has 0 radical (unpaired) electrons. The lowest BCUT2D eigenvalue weighted by atomic mass is 10.1. The highest BCUT2D eigenvalue weighted by molar-refractivity contribution is 9.10. The summed E-state index contributed by atoms with van der Waals surface area (Å²) in [5.74, 6) is -0.460. The lowest BCUT2D eigenvalue weighted by Gasteiger charge is -2.11. The van der Waals surface area contributed by atoms with Crippen LogP contribution in [0, 0.1) is 0 Å². The van der Waals surface area contributed by atoms with Crippen LogP contribution < -0.4 is 5.32 Å². The fraction of sp³-hybridized carbons (Fsp3) is 0.0714. The highest BCUT2D eigenvalue weighted by atomic mass is 79.9. The molecule has 0 fully saturated rings. The van der Waals surface area contributed by atoms with E-state index in [4.69, 9.17) is 11.6 Å². The van der Waals surface area contributed by atoms with Gasteiger partial charge in [0, 0.05) is 10.0 Å². The van der Waals surface area contributed by atoms with Crippen LogP contribution in [0.1, 0.15) is 15.9 Å². The van der Waals surface area contributed by atoms with E-state index < -0.39 is 17.6 Å². The number of hydrogen-bond acceptors (Lipinski definition) is 1. The minimum Gasteiger partial charge on any atom is -0.321 e. The SMILES string of the molecule is O=C(Nc1ccc(C(F)(F)F)cc1Cl)c1cccc(Br)c1. The first-order chi connectivity index (χ1) is 9.77. The maximum atomic E-state index is 12.5. The number of anilines is 1. The summed E-state index contributed by atoms with van der Waals surface area (Å²) in [4.78, 5) is 12.0. The number of halogens is 5. The predicted octanol–water partition coefficient (Wildman–Crippen LogP) is 5.37. The molecule has 2 aromatic rings. The van der Waals surface area contributed by atoms with Crippen LogP contribution in [0.15, 0.2) is 46.9 Å². The Bertz CT molecular complexity index is 688. The Labute approximate surface area is 132 Å². The Morgan fingerprint density at radius 2 is 1.86 bits per heavy atom. The van der Waals surface area contributed by atoms with E-state index in [2.05, 4.69) is 21.2 Å². The third-order valence-corrected chi connectivity index (χ3v) is 3.44. The minimum absolute atomic E-state index is 0.120. The van der Waals surface area contributed by atoms with E-state index >= 15 is 0 Å². The van der Waals surface area contributed by atoms with Crippen molar-refractivity contribution in [2.75, 3.05) is 5.32 Å². The molecule has 0 unspecified atom stereocenters. The van der Waals surface area contributed by atoms with Gasteiger partial charge < -0.3 is 5.32 Å². The van der Waals surface area contributed by atoms with Gasteiger partial charge in [0.15, 0.2) is 0 Å². The summed E-state index contributed by atoms with van der Waals surface area (Å²) in [7, 11) is 0. The fourth-order valence-electron chi connectivity index (χ4n) is 1.62. The molecule has 1 amide bonds. The summed E-state index contributed by atoms with van der Waals surface area (Å²) in [6.45, 7) is 0. The van der Waals surface area contributed by atoms with Crippen molar-refractivity contribution in [3.8, 4) is 0 Å². The van der Waals surface area contributed by atoms with Crippen molar-refractivity contribution >= 4 is 39.1 Å². The smallest absolute Gasteiger partial charge is 0.321 e. The Kier molecular flexibility index (Phi) is 4.58. The fourth-order valence-corrected chi connectivity index (χ4v) is 2.24. The maximum Gasteiger partial charge on any atom is 0.416 e. The molecule has 0 atom stereocenters. The van der Waals surface area contributed by atoms with E-state index in [0.717, 1.165) is 18.2 Å². The van der Waals surface area contributed by atoms with Gasteiger partial charge in [-0.1, -0.05) is 33.6 Å². The quantitative estimate of drug-likeness (QED) is 0.747. The van der Waals surface area contributed by atoms with E-state index in [-0.39, 0.29) is 10.7 Å². The molecule has 2 nitrogen and oxygen atoms in total. The summed E-state index contributed by atoms with van der Waals surface area (Å²) >= 11 is 9.00. The van der Waals surface area contributed by atoms with Crippen molar-refractivity contribution in [3.63, 3.8) is 0 Å². The van der Waals surface area contributed by atoms with Gasteiger partial charge in [0.2, 0.25) is 0 Å². The number of benzene rings is 2. The zero-order valence-electron chi connectivity index (χ0n) is 10.3. The molecule has 1 N–H and O–H groups in total. The Hall–Kier alpha value is -1.53. The molecule has 0 aromatic heterocycles. The van der Waals surface area contributed by atoms with Crippen molar-refractivity contribution in [1.82, 2.24) is 0 Å². The third kappa shape index (κ3) is 3.98. The van der Waals surface area contributed by atoms with Gasteiger partial charge in [0.25, 0.3) is 5.91 Å². The summed E-state index contributed by atoms with van der Waals surface area (Å²) in [6.07, 6.45) is -4.48. The van der Waals surface area contributed by atoms with Crippen LogP contribution in [0.2, 0.25) is 5.02 Å². The second-order valence-electron chi connectivity index (χ2n) is 4.16. The molecule has 0 saturated carbocycles. The first-order valence-electron chi connectivity index (χ1n) is 5.71. The lowest BCUT2D eigenvalue weighted by Crippen LogP contribution is -2.13. The standard InChI is InChI=1S/C14H8BrClF3NO/c15-10-3-1-2-8(6-10)13(21)20-12-5-4-9(7-11(12)16)14(17,18)19/h1-7H,(H,20,21). The third-order valence-electron chi connectivity index (χ3n) is 2.63. The molecule has 0 aliphatic heterocycles. The van der Waals surface area contributed by atoms with Gasteiger partial charge in [-0.15, -0.1) is 0 Å². The number of carbonyl (C=O) groups is 1. The number of carbonyl (C=O) groups excluding carboxylic acids is 1. The van der Waals surface area contributed by atoms with E-state index in [1.54, 1.807) is 24.3 Å². The predicted molar refractivity (Wildman–Crippen MR) is 78.5 cm³/mol. The van der Waals surface area contributed by atoms with Crippen LogP contribution in [0.4, 0.5) is 18.9 Å². The number of alkyl halides is 3. The van der Waals surface area contributed by atoms with Crippen LogP contribution in [-0.2, 0) is 6.18 Å². The molecular weight excluding hydrogens is 371 g/mol. The Morgan fingerprint density at radius 3 is 2.43 bits per heavy atom. The highest BCUT2D eigenvalue weighted by Crippen LogP contribution is 2.33. The van der Waals surface area contributed by atoms with Gasteiger partial charge >= 0.3 is 6.18 Å². The molecule has 0 aliphatic rings. The van der Waals surface area contributed by atoms with Crippen molar-refractivity contribution in [3.05, 3.63) is 63.1 Å². The van der Waals surface area contributed by atoms with Gasteiger partial charge in [-0.25, -0.2) is 0 Å². The van der Waals surface area contributed by atoms with Gasteiger partial charge in [0.05, 0.1) is 16.3 Å². The van der Waals surface area contributed by atoms with E-state index in [0.29, 0.717) is 10.0 Å². The monoisotopic (exact) mass is 377 g/mol. The van der Waals surface area contributed by atoms with Crippen LogP contribution in [0.25, 0.3) is 0 Å². The summed E-state index contributed by atoms with van der Waals surface area (Å²) in [5.41, 5.74) is -0.386. The maximum absolute atomic E-state index is 12.5. The molecule has 0 heterocycles. The highest BCUT2D eigenvalue weighted by Gasteiger charge is 2.31. The first kappa shape index (κ1) is 15.9. The molecule has 2 aromatic carbocycles. The zero-order valence-corrected chi connectivity index (χ0v) is 12.7. The van der Waals surface area contributed by atoms with Crippen molar-refractivity contribution in [2.24, 2.45) is 0 Å². The first-order valence-corrected chi connectivity index (χ1v) is 6.88. The van der Waals surface area contributed by atoms with E-state index in [1.165, 1.54) is 0 Å². The van der Waals surface area contributed by atoms with Crippen LogP contribution >= 0.6 is 27.5 Å². The van der Waals surface area contributed by atoms with Gasteiger partial charge in [-0.05, 0) is 36.4 Å². The Balaban J connectivity index is 2.22. The zero-order chi connectivity index (χ0) is 15.6. The van der Waals surface area contributed by atoms with Crippen molar-refractivity contribution in [2.45, 2.75) is 6.18 Å². The molecule has 0 aliphatic carbocycles. The average molecular weight is 379 g/mol. The molecule has 7 heteroatoms. The number of amides is 1. The molecule has 0 bridgehead atoms. The van der Waals surface area contributed by atoms with Crippen molar-refractivity contribution < 1.29 is 18.0 Å².